The van der Waals surface area contributed by atoms with Crippen molar-refractivity contribution in [2.75, 3.05) is 13.2 Å². The smallest absolute Gasteiger partial charge is 0.336 e. The van der Waals surface area contributed by atoms with E-state index < -0.39 is 0 Å². The number of carbonyl (C=O) groups is 2. The molecule has 162 valence electrons. The normalized spacial score (nSPS) is 26.1. The van der Waals surface area contributed by atoms with Gasteiger partial charge >= 0.3 is 5.97 Å². The third kappa shape index (κ3) is 4.02. The molecule has 2 aromatic rings. The highest BCUT2D eigenvalue weighted by Gasteiger charge is 2.42. The predicted molar refractivity (Wildman–Crippen MR) is 121 cm³/mol. The molecule has 2 aromatic heterocycles. The van der Waals surface area contributed by atoms with Crippen molar-refractivity contribution in [3.8, 4) is 0 Å². The summed E-state index contributed by atoms with van der Waals surface area (Å²) in [4.78, 5) is 28.8. The summed E-state index contributed by atoms with van der Waals surface area (Å²) >= 11 is 3.27. The minimum absolute atomic E-state index is 0.0285. The molecule has 7 heteroatoms. The van der Waals surface area contributed by atoms with Crippen LogP contribution < -0.4 is 5.32 Å². The molecule has 0 radical (unpaired) electrons. The molecule has 31 heavy (non-hydrogen) atoms. The molecule has 0 amide bonds. The molecule has 3 aliphatic rings. The Morgan fingerprint density at radius 3 is 2.65 bits per heavy atom. The summed E-state index contributed by atoms with van der Waals surface area (Å²) in [5, 5.41) is 7.45. The summed E-state index contributed by atoms with van der Waals surface area (Å²) in [7, 11) is 0. The lowest BCUT2D eigenvalue weighted by molar-refractivity contribution is -0.142. The van der Waals surface area contributed by atoms with Gasteiger partial charge in [-0.25, -0.2) is 4.79 Å². The lowest BCUT2D eigenvalue weighted by Gasteiger charge is -2.36. The van der Waals surface area contributed by atoms with Crippen LogP contribution in [0.5, 0.6) is 0 Å². The van der Waals surface area contributed by atoms with Gasteiger partial charge in [-0.1, -0.05) is 12.1 Å². The minimum atomic E-state index is -0.370. The Balaban J connectivity index is 1.46. The third-order valence-electron chi connectivity index (χ3n) is 6.25. The van der Waals surface area contributed by atoms with Gasteiger partial charge in [0.1, 0.15) is 6.61 Å². The quantitative estimate of drug-likeness (QED) is 0.650. The highest BCUT2D eigenvalue weighted by atomic mass is 32.1. The van der Waals surface area contributed by atoms with Crippen LogP contribution in [0.3, 0.4) is 0 Å². The Morgan fingerprint density at radius 2 is 1.97 bits per heavy atom. The van der Waals surface area contributed by atoms with E-state index >= 15 is 0 Å². The summed E-state index contributed by atoms with van der Waals surface area (Å²) in [6.45, 7) is 2.89. The van der Waals surface area contributed by atoms with Crippen LogP contribution in [-0.2, 0) is 19.1 Å². The molecule has 1 saturated heterocycles. The fraction of sp³-hybridized carbons (Fsp3) is 0.417. The minimum Gasteiger partial charge on any atom is -0.459 e. The number of Topliss-reactive ketones (excluding diaryl/α,β-unsaturated/α-hetero) is 1. The fourth-order valence-electron chi connectivity index (χ4n) is 4.80. The second kappa shape index (κ2) is 8.73. The van der Waals surface area contributed by atoms with Crippen molar-refractivity contribution in [2.45, 2.75) is 50.5 Å². The van der Waals surface area contributed by atoms with E-state index in [1.165, 1.54) is 4.88 Å². The van der Waals surface area contributed by atoms with Gasteiger partial charge < -0.3 is 14.8 Å². The van der Waals surface area contributed by atoms with Crippen LogP contribution in [0, 0.1) is 0 Å². The molecule has 0 spiro atoms. The number of hydrogen-bond acceptors (Lipinski definition) is 7. The topological polar surface area (TPSA) is 64.6 Å². The number of dihydropyridines is 1. The second-order valence-corrected chi connectivity index (χ2v) is 10.2. The van der Waals surface area contributed by atoms with Gasteiger partial charge in [0.2, 0.25) is 0 Å². The van der Waals surface area contributed by atoms with Gasteiger partial charge in [0.05, 0.1) is 17.6 Å². The molecule has 1 fully saturated rings. The summed E-state index contributed by atoms with van der Waals surface area (Å²) in [5.41, 5.74) is 2.99. The molecule has 4 heterocycles. The van der Waals surface area contributed by atoms with Gasteiger partial charge in [-0.15, -0.1) is 22.7 Å². The number of nitrogens with one attached hydrogen (secondary N) is 1. The molecular formula is C24H25NO4S2. The zero-order chi connectivity index (χ0) is 21.4. The fourth-order valence-corrected chi connectivity index (χ4v) is 6.47. The van der Waals surface area contributed by atoms with Crippen LogP contribution in [0.15, 0.2) is 57.6 Å². The van der Waals surface area contributed by atoms with Gasteiger partial charge in [-0.05, 0) is 49.1 Å². The van der Waals surface area contributed by atoms with Crippen LogP contribution in [0.1, 0.15) is 54.2 Å². The Hall–Kier alpha value is -2.22. The van der Waals surface area contributed by atoms with Gasteiger partial charge in [0, 0.05) is 45.7 Å². The lowest BCUT2D eigenvalue weighted by Crippen LogP contribution is -2.36. The Kier molecular flexibility index (Phi) is 5.82. The number of thiophene rings is 2. The molecule has 0 aromatic carbocycles. The van der Waals surface area contributed by atoms with Gasteiger partial charge in [-0.3, -0.25) is 4.79 Å². The van der Waals surface area contributed by atoms with Crippen LogP contribution in [0.2, 0.25) is 0 Å². The lowest BCUT2D eigenvalue weighted by atomic mass is 9.74. The molecule has 5 rings (SSSR count). The van der Waals surface area contributed by atoms with Gasteiger partial charge in [-0.2, -0.15) is 0 Å². The van der Waals surface area contributed by atoms with E-state index in [1.807, 2.05) is 30.5 Å². The zero-order valence-corrected chi connectivity index (χ0v) is 19.0. The molecule has 1 N–H and O–H groups in total. The summed E-state index contributed by atoms with van der Waals surface area (Å²) in [5.74, 6) is -0.435. The molecule has 0 bridgehead atoms. The van der Waals surface area contributed by atoms with E-state index in [2.05, 4.69) is 16.8 Å². The number of hydrogen-bond donors (Lipinski definition) is 1. The van der Waals surface area contributed by atoms with Crippen molar-refractivity contribution in [1.82, 2.24) is 5.32 Å². The number of carbonyl (C=O) groups excluding carboxylic acids is 2. The Bertz CT molecular complexity index is 1030. The van der Waals surface area contributed by atoms with Crippen molar-refractivity contribution in [3.63, 3.8) is 0 Å². The first-order valence-electron chi connectivity index (χ1n) is 10.7. The maximum Gasteiger partial charge on any atom is 0.336 e. The van der Waals surface area contributed by atoms with Crippen LogP contribution in [0.4, 0.5) is 0 Å². The second-order valence-electron chi connectivity index (χ2n) is 8.28. The highest BCUT2D eigenvalue weighted by Crippen LogP contribution is 2.47. The van der Waals surface area contributed by atoms with E-state index in [9.17, 15) is 9.59 Å². The SMILES string of the molecule is CC1=C(C(=O)OCC2CCCO2)C(c2cccs2)C2=C(CC(c3cccs3)CC2=O)N1. The van der Waals surface area contributed by atoms with Crippen molar-refractivity contribution in [1.29, 1.82) is 0 Å². The van der Waals surface area contributed by atoms with E-state index in [4.69, 9.17) is 9.47 Å². The number of rotatable bonds is 5. The molecule has 5 nitrogen and oxygen atoms in total. The zero-order valence-electron chi connectivity index (χ0n) is 17.4. The number of ether oxygens (including phenoxy) is 2. The number of allylic oxidation sites excluding steroid dienone is 3. The van der Waals surface area contributed by atoms with E-state index in [1.54, 1.807) is 22.7 Å². The van der Waals surface area contributed by atoms with Crippen LogP contribution in [-0.4, -0.2) is 31.1 Å². The molecule has 3 atom stereocenters. The van der Waals surface area contributed by atoms with Crippen molar-refractivity contribution < 1.29 is 19.1 Å². The summed E-state index contributed by atoms with van der Waals surface area (Å²) in [6.07, 6.45) is 3.13. The third-order valence-corrected chi connectivity index (χ3v) is 8.22. The predicted octanol–water partition coefficient (Wildman–Crippen LogP) is 4.89. The monoisotopic (exact) mass is 455 g/mol. The first-order valence-corrected chi connectivity index (χ1v) is 12.5. The van der Waals surface area contributed by atoms with Crippen LogP contribution >= 0.6 is 22.7 Å². The average Bonchev–Trinajstić information content (AvgIpc) is 3.54. The Morgan fingerprint density at radius 1 is 1.19 bits per heavy atom. The molecule has 2 aliphatic heterocycles. The van der Waals surface area contributed by atoms with E-state index in [0.717, 1.165) is 47.7 Å². The first kappa shape index (κ1) is 20.7. The molecule has 3 unspecified atom stereocenters. The average molecular weight is 456 g/mol. The Labute approximate surface area is 189 Å². The highest BCUT2D eigenvalue weighted by molar-refractivity contribution is 7.10. The van der Waals surface area contributed by atoms with Gasteiger partial charge in [0.15, 0.2) is 5.78 Å². The van der Waals surface area contributed by atoms with Crippen molar-refractivity contribution in [2.24, 2.45) is 0 Å². The van der Waals surface area contributed by atoms with Gasteiger partial charge in [0.25, 0.3) is 0 Å². The van der Waals surface area contributed by atoms with Crippen LogP contribution in [0.25, 0.3) is 0 Å². The van der Waals surface area contributed by atoms with Crippen molar-refractivity contribution in [3.05, 3.63) is 67.3 Å². The first-order chi connectivity index (χ1) is 15.1. The summed E-state index contributed by atoms with van der Waals surface area (Å²) in [6, 6.07) is 8.11. The maximum atomic E-state index is 13.4. The standard InChI is InChI=1S/C24H25NO4S2/c1-14-21(24(27)29-13-16-5-2-8-28-16)23(20-7-4-10-31-20)22-17(25-14)11-15(12-18(22)26)19-6-3-9-30-19/h3-4,6-7,9-10,15-16,23,25H,2,5,8,11-13H2,1H3. The van der Waals surface area contributed by atoms with E-state index in [-0.39, 0.29) is 36.3 Å². The maximum absolute atomic E-state index is 13.4. The van der Waals surface area contributed by atoms with E-state index in [0.29, 0.717) is 12.0 Å². The largest absolute Gasteiger partial charge is 0.459 e. The van der Waals surface area contributed by atoms with Crippen molar-refractivity contribution >= 4 is 34.4 Å². The molecule has 1 aliphatic carbocycles. The molecule has 0 saturated carbocycles. The summed E-state index contributed by atoms with van der Waals surface area (Å²) < 4.78 is 11.3. The number of ketones is 1. The molecular weight excluding hydrogens is 430 g/mol. The number of esters is 1.